The largest absolute Gasteiger partial charge is 0.469 e. The number of carbonyl (C=O) groups excluding carboxylic acids is 1. The van der Waals surface area contributed by atoms with E-state index in [0.29, 0.717) is 6.42 Å². The highest BCUT2D eigenvalue weighted by Gasteiger charge is 2.12. The van der Waals surface area contributed by atoms with E-state index in [1.54, 1.807) is 0 Å². The first-order valence-electron chi connectivity index (χ1n) is 3.72. The second-order valence-electron chi connectivity index (χ2n) is 2.50. The van der Waals surface area contributed by atoms with Gasteiger partial charge in [-0.15, -0.1) is 11.8 Å². The van der Waals surface area contributed by atoms with Crippen LogP contribution in [-0.4, -0.2) is 23.6 Å². The highest BCUT2D eigenvalue weighted by atomic mass is 32.2. The zero-order valence-electron chi connectivity index (χ0n) is 7.53. The number of carbonyl (C=O) groups is 1. The van der Waals surface area contributed by atoms with Crippen LogP contribution >= 0.6 is 11.8 Å². The Hall–Kier alpha value is -0.690. The zero-order valence-corrected chi connectivity index (χ0v) is 8.35. The van der Waals surface area contributed by atoms with Crippen LogP contribution in [0.3, 0.4) is 0 Å². The molecule has 0 saturated heterocycles. The van der Waals surface area contributed by atoms with Crippen LogP contribution in [0.25, 0.3) is 0 Å². The van der Waals surface area contributed by atoms with Gasteiger partial charge >= 0.3 is 5.97 Å². The van der Waals surface area contributed by atoms with Crippen molar-refractivity contribution in [1.29, 1.82) is 5.26 Å². The van der Waals surface area contributed by atoms with E-state index in [1.807, 2.05) is 13.8 Å². The van der Waals surface area contributed by atoms with E-state index in [9.17, 15) is 4.79 Å². The predicted molar refractivity (Wildman–Crippen MR) is 48.8 cm³/mol. The van der Waals surface area contributed by atoms with Gasteiger partial charge in [0.15, 0.2) is 0 Å². The Balaban J connectivity index is 3.67. The number of thioether (sulfide) groups is 1. The summed E-state index contributed by atoms with van der Waals surface area (Å²) in [5, 5.41) is 8.57. The zero-order chi connectivity index (χ0) is 9.56. The molecule has 2 atom stereocenters. The fraction of sp³-hybridized carbons (Fsp3) is 0.750. The van der Waals surface area contributed by atoms with Gasteiger partial charge in [0.05, 0.1) is 24.8 Å². The molecule has 3 nitrogen and oxygen atoms in total. The lowest BCUT2D eigenvalue weighted by Crippen LogP contribution is -2.11. The topological polar surface area (TPSA) is 50.1 Å². The number of ether oxygens (including phenoxy) is 1. The number of hydrogen-bond acceptors (Lipinski definition) is 4. The van der Waals surface area contributed by atoms with Gasteiger partial charge in [-0.3, -0.25) is 4.79 Å². The van der Waals surface area contributed by atoms with E-state index in [1.165, 1.54) is 18.9 Å². The lowest BCUT2D eigenvalue weighted by Gasteiger charge is -2.10. The molecule has 0 aromatic rings. The molecule has 0 aliphatic heterocycles. The molecule has 0 radical (unpaired) electrons. The Labute approximate surface area is 77.1 Å². The third kappa shape index (κ3) is 5.03. The molecule has 0 saturated carbocycles. The Morgan fingerprint density at radius 2 is 2.25 bits per heavy atom. The molecule has 2 unspecified atom stereocenters. The van der Waals surface area contributed by atoms with Gasteiger partial charge in [0.2, 0.25) is 0 Å². The summed E-state index contributed by atoms with van der Waals surface area (Å²) in [6, 6.07) is 2.10. The number of esters is 1. The molecule has 0 fully saturated rings. The standard InChI is InChI=1S/C8H13NO2S/c1-6(4-8(10)11-3)12-7(2)5-9/h6-7H,4H2,1-3H3. The summed E-state index contributed by atoms with van der Waals surface area (Å²) < 4.78 is 4.50. The molecule has 0 aliphatic rings. The number of hydrogen-bond donors (Lipinski definition) is 0. The lowest BCUT2D eigenvalue weighted by molar-refractivity contribution is -0.140. The van der Waals surface area contributed by atoms with E-state index >= 15 is 0 Å². The Bertz CT molecular complexity index is 188. The van der Waals surface area contributed by atoms with Gasteiger partial charge in [-0.25, -0.2) is 0 Å². The van der Waals surface area contributed by atoms with E-state index in [-0.39, 0.29) is 16.5 Å². The maximum Gasteiger partial charge on any atom is 0.306 e. The van der Waals surface area contributed by atoms with Crippen molar-refractivity contribution in [2.45, 2.75) is 30.8 Å². The van der Waals surface area contributed by atoms with Crippen molar-refractivity contribution in [2.75, 3.05) is 7.11 Å². The first-order chi connectivity index (χ1) is 5.60. The molecule has 0 heterocycles. The second-order valence-corrected chi connectivity index (χ2v) is 4.28. The predicted octanol–water partition coefficient (Wildman–Crippen LogP) is 1.58. The van der Waals surface area contributed by atoms with Crippen molar-refractivity contribution in [3.8, 4) is 6.07 Å². The van der Waals surface area contributed by atoms with Crippen LogP contribution in [-0.2, 0) is 9.53 Å². The molecule has 0 amide bonds. The molecular formula is C8H13NO2S. The van der Waals surface area contributed by atoms with Gasteiger partial charge in [0.1, 0.15) is 0 Å². The SMILES string of the molecule is COC(=O)CC(C)SC(C)C#N. The van der Waals surface area contributed by atoms with Crippen molar-refractivity contribution in [3.05, 3.63) is 0 Å². The van der Waals surface area contributed by atoms with Gasteiger partial charge in [-0.05, 0) is 6.92 Å². The minimum Gasteiger partial charge on any atom is -0.469 e. The van der Waals surface area contributed by atoms with Crippen LogP contribution in [0.15, 0.2) is 0 Å². The summed E-state index contributed by atoms with van der Waals surface area (Å²) in [4.78, 5) is 10.8. The number of rotatable bonds is 4. The molecule has 0 aromatic heterocycles. The minimum atomic E-state index is -0.222. The molecule has 0 aromatic carbocycles. The molecule has 0 bridgehead atoms. The Morgan fingerprint density at radius 1 is 1.67 bits per heavy atom. The van der Waals surface area contributed by atoms with Crippen LogP contribution in [0.2, 0.25) is 0 Å². The summed E-state index contributed by atoms with van der Waals surface area (Å²) >= 11 is 1.48. The smallest absolute Gasteiger partial charge is 0.306 e. The maximum atomic E-state index is 10.8. The molecule has 0 aliphatic carbocycles. The Kier molecular flexibility index (Phi) is 5.56. The minimum absolute atomic E-state index is 0.0651. The van der Waals surface area contributed by atoms with Crippen LogP contribution in [0.4, 0.5) is 0 Å². The second kappa shape index (κ2) is 5.90. The molecule has 0 spiro atoms. The molecule has 0 N–H and O–H groups in total. The van der Waals surface area contributed by atoms with Gasteiger partial charge in [0, 0.05) is 5.25 Å². The van der Waals surface area contributed by atoms with Crippen molar-refractivity contribution < 1.29 is 9.53 Å². The van der Waals surface area contributed by atoms with Crippen molar-refractivity contribution in [1.82, 2.24) is 0 Å². The molecule has 4 heteroatoms. The molecule has 68 valence electrons. The van der Waals surface area contributed by atoms with E-state index in [2.05, 4.69) is 10.8 Å². The molecular weight excluding hydrogens is 174 g/mol. The number of nitriles is 1. The third-order valence-corrected chi connectivity index (χ3v) is 2.44. The van der Waals surface area contributed by atoms with Crippen LogP contribution in [0, 0.1) is 11.3 Å². The summed E-state index contributed by atoms with van der Waals surface area (Å²) in [5.74, 6) is -0.222. The summed E-state index contributed by atoms with van der Waals surface area (Å²) in [5.41, 5.74) is 0. The van der Waals surface area contributed by atoms with Crippen molar-refractivity contribution in [2.24, 2.45) is 0 Å². The van der Waals surface area contributed by atoms with Gasteiger partial charge < -0.3 is 4.74 Å². The maximum absolute atomic E-state index is 10.8. The first-order valence-corrected chi connectivity index (χ1v) is 4.66. The highest BCUT2D eigenvalue weighted by molar-refractivity contribution is 8.00. The summed E-state index contributed by atoms with van der Waals surface area (Å²) in [6.45, 7) is 3.73. The Morgan fingerprint density at radius 3 is 2.67 bits per heavy atom. The van der Waals surface area contributed by atoms with Crippen molar-refractivity contribution >= 4 is 17.7 Å². The van der Waals surface area contributed by atoms with E-state index in [4.69, 9.17) is 5.26 Å². The quantitative estimate of drug-likeness (QED) is 0.627. The van der Waals surface area contributed by atoms with Gasteiger partial charge in [-0.1, -0.05) is 6.92 Å². The molecule has 12 heavy (non-hydrogen) atoms. The average molecular weight is 187 g/mol. The number of nitrogens with zero attached hydrogens (tertiary/aromatic N) is 1. The van der Waals surface area contributed by atoms with Crippen LogP contribution in [0.1, 0.15) is 20.3 Å². The van der Waals surface area contributed by atoms with Crippen LogP contribution < -0.4 is 0 Å². The van der Waals surface area contributed by atoms with E-state index in [0.717, 1.165) is 0 Å². The molecule has 0 rings (SSSR count). The van der Waals surface area contributed by atoms with Crippen LogP contribution in [0.5, 0.6) is 0 Å². The lowest BCUT2D eigenvalue weighted by atomic mass is 10.3. The highest BCUT2D eigenvalue weighted by Crippen LogP contribution is 2.19. The third-order valence-electron chi connectivity index (χ3n) is 1.30. The van der Waals surface area contributed by atoms with Gasteiger partial charge in [0.25, 0.3) is 0 Å². The summed E-state index contributed by atoms with van der Waals surface area (Å²) in [7, 11) is 1.37. The summed E-state index contributed by atoms with van der Waals surface area (Å²) in [6.07, 6.45) is 0.368. The van der Waals surface area contributed by atoms with Crippen molar-refractivity contribution in [3.63, 3.8) is 0 Å². The monoisotopic (exact) mass is 187 g/mol. The van der Waals surface area contributed by atoms with Gasteiger partial charge in [-0.2, -0.15) is 5.26 Å². The fourth-order valence-corrected chi connectivity index (χ4v) is 1.74. The average Bonchev–Trinajstić information content (AvgIpc) is 2.03. The van der Waals surface area contributed by atoms with E-state index < -0.39 is 0 Å². The first kappa shape index (κ1) is 11.3. The normalized spacial score (nSPS) is 14.5. The fourth-order valence-electron chi connectivity index (χ4n) is 0.745. The number of methoxy groups -OCH3 is 1.